The summed E-state index contributed by atoms with van der Waals surface area (Å²) in [5.74, 6) is -2.78. The second-order valence-corrected chi connectivity index (χ2v) is 6.37. The molecule has 0 spiro atoms. The Bertz CT molecular complexity index is 764. The lowest BCUT2D eigenvalue weighted by Gasteiger charge is -2.43. The van der Waals surface area contributed by atoms with Gasteiger partial charge in [-0.3, -0.25) is 19.2 Å². The highest BCUT2D eigenvalue weighted by molar-refractivity contribution is 6.22. The van der Waals surface area contributed by atoms with E-state index in [2.05, 4.69) is 0 Å². The maximum atomic E-state index is 13.3. The minimum Gasteiger partial charge on any atom is -0.444 e. The lowest BCUT2D eigenvalue weighted by molar-refractivity contribution is -0.164. The topological polar surface area (TPSA) is 110 Å². The van der Waals surface area contributed by atoms with Crippen LogP contribution >= 0.6 is 0 Å². The summed E-state index contributed by atoms with van der Waals surface area (Å²) in [6, 6.07) is 7.30. The van der Waals surface area contributed by atoms with E-state index in [1.165, 1.54) is 0 Å². The number of carbonyl (C=O) groups excluding carboxylic acids is 5. The Labute approximate surface area is 168 Å². The molecule has 0 aromatic heterocycles. The second-order valence-electron chi connectivity index (χ2n) is 6.37. The number of rotatable bonds is 8. The first kappa shape index (κ1) is 22.1. The monoisotopic (exact) mass is 404 g/mol. The van der Waals surface area contributed by atoms with E-state index in [0.29, 0.717) is 15.4 Å². The molecule has 29 heavy (non-hydrogen) atoms. The van der Waals surface area contributed by atoms with Crippen LogP contribution in [0.5, 0.6) is 0 Å². The zero-order valence-corrected chi connectivity index (χ0v) is 16.7. The highest BCUT2D eigenvalue weighted by atomic mass is 16.6. The minimum atomic E-state index is -1.70. The molecule has 0 unspecified atom stereocenters. The van der Waals surface area contributed by atoms with Crippen LogP contribution in [-0.4, -0.2) is 53.0 Å². The Morgan fingerprint density at radius 3 is 1.66 bits per heavy atom. The molecule has 4 amide bonds. The number of benzene rings is 1. The summed E-state index contributed by atoms with van der Waals surface area (Å²) >= 11 is 0. The average Bonchev–Trinajstić information content (AvgIpc) is 2.74. The van der Waals surface area contributed by atoms with Crippen molar-refractivity contribution in [1.82, 2.24) is 9.80 Å². The summed E-state index contributed by atoms with van der Waals surface area (Å²) < 4.78 is 9.95. The number of urea groups is 1. The first-order chi connectivity index (χ1) is 13.8. The predicted molar refractivity (Wildman–Crippen MR) is 100.0 cm³/mol. The number of ether oxygens (including phenoxy) is 2. The number of carbonyl (C=O) groups is 5. The average molecular weight is 404 g/mol. The van der Waals surface area contributed by atoms with Crippen molar-refractivity contribution < 1.29 is 33.4 Å². The van der Waals surface area contributed by atoms with Gasteiger partial charge < -0.3 is 9.47 Å². The van der Waals surface area contributed by atoms with Gasteiger partial charge in [0.1, 0.15) is 0 Å². The molecule has 0 aliphatic carbocycles. The number of hydrogen-bond acceptors (Lipinski definition) is 7. The van der Waals surface area contributed by atoms with Crippen LogP contribution in [0.25, 0.3) is 0 Å². The van der Waals surface area contributed by atoms with Crippen LogP contribution in [0.2, 0.25) is 0 Å². The van der Waals surface area contributed by atoms with Gasteiger partial charge in [-0.25, -0.2) is 14.6 Å². The number of esters is 2. The highest BCUT2D eigenvalue weighted by Gasteiger charge is 2.57. The molecule has 1 fully saturated rings. The molecular weight excluding hydrogens is 380 g/mol. The number of hydrogen-bond donors (Lipinski definition) is 0. The summed E-state index contributed by atoms with van der Waals surface area (Å²) in [5, 5.41) is 0. The summed E-state index contributed by atoms with van der Waals surface area (Å²) in [7, 11) is 0. The van der Waals surface area contributed by atoms with Crippen molar-refractivity contribution in [2.24, 2.45) is 0 Å². The van der Waals surface area contributed by atoms with Gasteiger partial charge in [0.25, 0.3) is 11.8 Å². The fourth-order valence-electron chi connectivity index (χ4n) is 3.05. The van der Waals surface area contributed by atoms with Gasteiger partial charge in [0.15, 0.2) is 18.9 Å². The third-order valence-electron chi connectivity index (χ3n) is 4.77. The van der Waals surface area contributed by atoms with Crippen LogP contribution in [0.3, 0.4) is 0 Å². The molecular formula is C20H24N2O7. The molecule has 1 aromatic carbocycles. The van der Waals surface area contributed by atoms with E-state index in [4.69, 9.17) is 9.47 Å². The lowest BCUT2D eigenvalue weighted by Crippen LogP contribution is -2.67. The Balaban J connectivity index is 2.49. The van der Waals surface area contributed by atoms with Crippen molar-refractivity contribution in [3.05, 3.63) is 35.9 Å². The molecule has 0 saturated carbocycles. The molecule has 1 heterocycles. The van der Waals surface area contributed by atoms with E-state index in [-0.39, 0.29) is 19.3 Å². The highest BCUT2D eigenvalue weighted by Crippen LogP contribution is 2.36. The SMILES string of the molecule is CCC(=O)OCN1C(=O)N(COC(=O)CC)C(=O)C(CC)(c2ccccc2)C1=O. The molecule has 9 heteroatoms. The maximum absolute atomic E-state index is 13.3. The quantitative estimate of drug-likeness (QED) is 0.481. The summed E-state index contributed by atoms with van der Waals surface area (Å²) in [4.78, 5) is 63.9. The first-order valence-corrected chi connectivity index (χ1v) is 9.38. The summed E-state index contributed by atoms with van der Waals surface area (Å²) in [6.07, 6.45) is 0.174. The first-order valence-electron chi connectivity index (χ1n) is 9.38. The van der Waals surface area contributed by atoms with Gasteiger partial charge in [-0.05, 0) is 12.0 Å². The van der Waals surface area contributed by atoms with E-state index in [1.807, 2.05) is 0 Å². The normalized spacial score (nSPS) is 16.0. The van der Waals surface area contributed by atoms with Gasteiger partial charge in [-0.1, -0.05) is 51.1 Å². The van der Waals surface area contributed by atoms with Crippen molar-refractivity contribution in [2.45, 2.75) is 45.4 Å². The molecule has 156 valence electrons. The summed E-state index contributed by atoms with van der Waals surface area (Å²) in [5.41, 5.74) is -1.31. The van der Waals surface area contributed by atoms with Gasteiger partial charge in [0, 0.05) is 12.8 Å². The van der Waals surface area contributed by atoms with Crippen LogP contribution < -0.4 is 0 Å². The van der Waals surface area contributed by atoms with Crippen molar-refractivity contribution >= 4 is 29.8 Å². The number of barbiturate groups is 1. The number of imide groups is 2. The number of nitrogens with zero attached hydrogens (tertiary/aromatic N) is 2. The molecule has 0 bridgehead atoms. The van der Waals surface area contributed by atoms with Gasteiger partial charge in [0.05, 0.1) is 0 Å². The largest absolute Gasteiger partial charge is 0.444 e. The molecule has 1 aromatic rings. The van der Waals surface area contributed by atoms with Crippen molar-refractivity contribution in [2.75, 3.05) is 13.5 Å². The lowest BCUT2D eigenvalue weighted by atomic mass is 9.74. The van der Waals surface area contributed by atoms with Crippen LogP contribution in [0, 0.1) is 0 Å². The summed E-state index contributed by atoms with van der Waals surface area (Å²) in [6.45, 7) is 3.52. The standard InChI is InChI=1S/C20H24N2O7/c1-4-15(23)28-12-21-17(25)20(6-3,14-10-8-7-9-11-14)18(26)22(19(21)27)13-29-16(24)5-2/h7-11H,4-6,12-13H2,1-3H3. The smallest absolute Gasteiger partial charge is 0.339 e. The molecule has 1 saturated heterocycles. The zero-order chi connectivity index (χ0) is 21.6. The van der Waals surface area contributed by atoms with E-state index in [1.54, 1.807) is 51.1 Å². The number of amides is 4. The van der Waals surface area contributed by atoms with Crippen molar-refractivity contribution in [1.29, 1.82) is 0 Å². The van der Waals surface area contributed by atoms with E-state index >= 15 is 0 Å². The molecule has 2 rings (SSSR count). The van der Waals surface area contributed by atoms with E-state index in [0.717, 1.165) is 0 Å². The Hall–Kier alpha value is -3.23. The van der Waals surface area contributed by atoms with Crippen LogP contribution in [0.15, 0.2) is 30.3 Å². The second kappa shape index (κ2) is 9.31. The minimum absolute atomic E-state index is 0.0540. The van der Waals surface area contributed by atoms with Gasteiger partial charge >= 0.3 is 18.0 Å². The fourth-order valence-corrected chi connectivity index (χ4v) is 3.05. The molecule has 1 aliphatic rings. The molecule has 9 nitrogen and oxygen atoms in total. The predicted octanol–water partition coefficient (Wildman–Crippen LogP) is 1.95. The molecule has 0 atom stereocenters. The third-order valence-corrected chi connectivity index (χ3v) is 4.77. The van der Waals surface area contributed by atoms with Crippen LogP contribution in [0.4, 0.5) is 4.79 Å². The van der Waals surface area contributed by atoms with Crippen LogP contribution in [-0.2, 0) is 34.1 Å². The third kappa shape index (κ3) is 4.13. The fraction of sp³-hybridized carbons (Fsp3) is 0.450. The van der Waals surface area contributed by atoms with Crippen molar-refractivity contribution in [3.8, 4) is 0 Å². The Kier molecular flexibility index (Phi) is 7.08. The van der Waals surface area contributed by atoms with E-state index in [9.17, 15) is 24.0 Å². The van der Waals surface area contributed by atoms with Gasteiger partial charge in [0.2, 0.25) is 0 Å². The molecule has 0 radical (unpaired) electrons. The van der Waals surface area contributed by atoms with Gasteiger partial charge in [-0.15, -0.1) is 0 Å². The van der Waals surface area contributed by atoms with E-state index < -0.39 is 48.7 Å². The zero-order valence-electron chi connectivity index (χ0n) is 16.7. The molecule has 0 N–H and O–H groups in total. The Morgan fingerprint density at radius 1 is 0.828 bits per heavy atom. The Morgan fingerprint density at radius 2 is 1.28 bits per heavy atom. The molecule has 1 aliphatic heterocycles. The van der Waals surface area contributed by atoms with Crippen LogP contribution in [0.1, 0.15) is 45.6 Å². The van der Waals surface area contributed by atoms with Crippen molar-refractivity contribution in [3.63, 3.8) is 0 Å². The van der Waals surface area contributed by atoms with Gasteiger partial charge in [-0.2, -0.15) is 0 Å². The maximum Gasteiger partial charge on any atom is 0.339 e.